The highest BCUT2D eigenvalue weighted by Gasteiger charge is 2.40. The summed E-state index contributed by atoms with van der Waals surface area (Å²) >= 11 is 5.82. The number of nitrogens with zero attached hydrogens (tertiary/aromatic N) is 5. The smallest absolute Gasteiger partial charge is 0.269 e. The molecule has 1 aliphatic carbocycles. The highest BCUT2D eigenvalue weighted by molar-refractivity contribution is 6.29. The zero-order valence-corrected chi connectivity index (χ0v) is 14.4. The van der Waals surface area contributed by atoms with Crippen LogP contribution < -0.4 is 5.56 Å². The summed E-state index contributed by atoms with van der Waals surface area (Å²) in [5, 5.41) is 12.3. The van der Waals surface area contributed by atoms with Crippen molar-refractivity contribution in [2.75, 3.05) is 0 Å². The Morgan fingerprint density at radius 3 is 2.74 bits per heavy atom. The normalized spacial score (nSPS) is 19.2. The molecule has 1 aliphatic rings. The number of rotatable bonds is 3. The van der Waals surface area contributed by atoms with Gasteiger partial charge in [0, 0.05) is 23.7 Å². The number of hydrogen-bond donors (Lipinski definition) is 0. The average molecular weight is 394 g/mol. The summed E-state index contributed by atoms with van der Waals surface area (Å²) in [5.41, 5.74) is -0.168. The number of hydrogen-bond acceptors (Lipinski definition) is 4. The molecule has 4 rings (SSSR count). The molecular weight excluding hydrogens is 383 g/mol. The molecule has 1 fully saturated rings. The van der Waals surface area contributed by atoms with Crippen LogP contribution in [0.1, 0.15) is 29.4 Å². The van der Waals surface area contributed by atoms with E-state index in [9.17, 15) is 18.0 Å². The predicted molar refractivity (Wildman–Crippen MR) is 89.3 cm³/mol. The Balaban J connectivity index is 1.72. The van der Waals surface area contributed by atoms with Gasteiger partial charge in [0.2, 0.25) is 0 Å². The lowest BCUT2D eigenvalue weighted by atomic mass is 10.2. The molecule has 0 saturated heterocycles. The van der Waals surface area contributed by atoms with E-state index in [1.54, 1.807) is 18.2 Å². The molecule has 3 heterocycles. The Bertz CT molecular complexity index is 1140. The summed E-state index contributed by atoms with van der Waals surface area (Å²) < 4.78 is 40.6. The van der Waals surface area contributed by atoms with E-state index < -0.39 is 11.9 Å². The fourth-order valence-corrected chi connectivity index (χ4v) is 3.26. The SMILES string of the molecule is N#C[C@@H]1C[C@H]1c1cccc2nc(Cn3nc(C(F)(F)F)cc3Cl)cc(=O)n12. The van der Waals surface area contributed by atoms with Gasteiger partial charge in [-0.05, 0) is 18.6 Å². The molecule has 1 saturated carbocycles. The standard InChI is InChI=1S/C17H11ClF3N5O/c18-14-6-13(17(19,20)21)24-25(14)8-10-5-16(27)26-12(11-4-9(11)7-22)2-1-3-15(26)23-10/h1-3,5-6,9,11H,4,8H2/t9-,11+/m0/s1. The minimum absolute atomic E-state index is 0.0149. The summed E-state index contributed by atoms with van der Waals surface area (Å²) in [6, 6.07) is 9.29. The molecule has 10 heteroatoms. The van der Waals surface area contributed by atoms with Crippen LogP contribution in [0.15, 0.2) is 35.1 Å². The van der Waals surface area contributed by atoms with E-state index >= 15 is 0 Å². The van der Waals surface area contributed by atoms with Crippen molar-refractivity contribution >= 4 is 17.2 Å². The van der Waals surface area contributed by atoms with Gasteiger partial charge >= 0.3 is 6.18 Å². The largest absolute Gasteiger partial charge is 0.435 e. The van der Waals surface area contributed by atoms with Gasteiger partial charge in [0.05, 0.1) is 24.2 Å². The maximum Gasteiger partial charge on any atom is 0.435 e. The Labute approximate surface area is 155 Å². The molecule has 2 atom stereocenters. The first kappa shape index (κ1) is 17.5. The van der Waals surface area contributed by atoms with E-state index in [0.717, 1.165) is 10.7 Å². The molecule has 0 spiro atoms. The molecule has 3 aromatic heterocycles. The van der Waals surface area contributed by atoms with Gasteiger partial charge in [-0.15, -0.1) is 0 Å². The third-order valence-electron chi connectivity index (χ3n) is 4.44. The van der Waals surface area contributed by atoms with E-state index in [0.29, 0.717) is 17.8 Å². The highest BCUT2D eigenvalue weighted by Crippen LogP contribution is 2.46. The molecule has 0 N–H and O–H groups in total. The highest BCUT2D eigenvalue weighted by atomic mass is 35.5. The average Bonchev–Trinajstić information content (AvgIpc) is 3.30. The van der Waals surface area contributed by atoms with Gasteiger partial charge in [-0.2, -0.15) is 23.5 Å². The topological polar surface area (TPSA) is 76.0 Å². The third kappa shape index (κ3) is 3.17. The molecule has 0 aromatic carbocycles. The lowest BCUT2D eigenvalue weighted by Crippen LogP contribution is -2.20. The van der Waals surface area contributed by atoms with Gasteiger partial charge in [-0.1, -0.05) is 17.7 Å². The fraction of sp³-hybridized carbons (Fsp3) is 0.294. The molecule has 0 radical (unpaired) electrons. The molecule has 0 unspecified atom stereocenters. The van der Waals surface area contributed by atoms with Crippen LogP contribution in [-0.2, 0) is 12.7 Å². The van der Waals surface area contributed by atoms with Crippen molar-refractivity contribution < 1.29 is 13.2 Å². The van der Waals surface area contributed by atoms with Crippen molar-refractivity contribution in [2.45, 2.75) is 25.1 Å². The van der Waals surface area contributed by atoms with Crippen molar-refractivity contribution in [2.24, 2.45) is 5.92 Å². The zero-order valence-electron chi connectivity index (χ0n) is 13.6. The van der Waals surface area contributed by atoms with E-state index in [4.69, 9.17) is 16.9 Å². The van der Waals surface area contributed by atoms with Crippen molar-refractivity contribution in [3.05, 3.63) is 62.9 Å². The number of pyridine rings is 1. The van der Waals surface area contributed by atoms with Crippen molar-refractivity contribution in [3.63, 3.8) is 0 Å². The zero-order chi connectivity index (χ0) is 19.3. The van der Waals surface area contributed by atoms with Crippen LogP contribution in [0.3, 0.4) is 0 Å². The first-order valence-corrected chi connectivity index (χ1v) is 8.37. The Morgan fingerprint density at radius 2 is 2.11 bits per heavy atom. The summed E-state index contributed by atoms with van der Waals surface area (Å²) in [5.74, 6) is -0.134. The summed E-state index contributed by atoms with van der Waals surface area (Å²) in [6.45, 7) is -0.171. The minimum Gasteiger partial charge on any atom is -0.269 e. The summed E-state index contributed by atoms with van der Waals surface area (Å²) in [4.78, 5) is 16.9. The maximum absolute atomic E-state index is 12.8. The van der Waals surface area contributed by atoms with Crippen LogP contribution >= 0.6 is 11.6 Å². The first-order valence-electron chi connectivity index (χ1n) is 7.99. The second-order valence-electron chi connectivity index (χ2n) is 6.32. The maximum atomic E-state index is 12.8. The van der Waals surface area contributed by atoms with Gasteiger partial charge < -0.3 is 0 Å². The number of nitriles is 1. The van der Waals surface area contributed by atoms with Crippen LogP contribution in [0.2, 0.25) is 5.15 Å². The second-order valence-corrected chi connectivity index (χ2v) is 6.70. The molecule has 0 aliphatic heterocycles. The van der Waals surface area contributed by atoms with Crippen molar-refractivity contribution in [1.82, 2.24) is 19.2 Å². The minimum atomic E-state index is -4.61. The van der Waals surface area contributed by atoms with Gasteiger partial charge in [-0.3, -0.25) is 9.20 Å². The molecular formula is C17H11ClF3N5O. The van der Waals surface area contributed by atoms with Crippen LogP contribution in [0, 0.1) is 17.2 Å². The lowest BCUT2D eigenvalue weighted by Gasteiger charge is -2.09. The number of halogens is 4. The fourth-order valence-electron chi connectivity index (χ4n) is 3.06. The number of fused-ring (bicyclic) bond motifs is 1. The van der Waals surface area contributed by atoms with E-state index in [1.165, 1.54) is 10.5 Å². The van der Waals surface area contributed by atoms with Gasteiger partial charge in [0.15, 0.2) is 5.69 Å². The predicted octanol–water partition coefficient (Wildman–Crippen LogP) is 3.24. The molecule has 3 aromatic rings. The van der Waals surface area contributed by atoms with Crippen LogP contribution in [-0.4, -0.2) is 19.2 Å². The monoisotopic (exact) mass is 393 g/mol. The van der Waals surface area contributed by atoms with E-state index in [1.807, 2.05) is 0 Å². The quantitative estimate of drug-likeness (QED) is 0.684. The number of alkyl halides is 3. The number of aromatic nitrogens is 4. The van der Waals surface area contributed by atoms with Crippen molar-refractivity contribution in [3.8, 4) is 6.07 Å². The molecule has 0 bridgehead atoms. The second kappa shape index (κ2) is 6.09. The molecule has 6 nitrogen and oxygen atoms in total. The molecule has 138 valence electrons. The lowest BCUT2D eigenvalue weighted by molar-refractivity contribution is -0.141. The van der Waals surface area contributed by atoms with Crippen LogP contribution in [0.25, 0.3) is 5.65 Å². The van der Waals surface area contributed by atoms with Crippen LogP contribution in [0.4, 0.5) is 13.2 Å². The summed E-state index contributed by atoms with van der Waals surface area (Å²) in [6.07, 6.45) is -3.92. The third-order valence-corrected chi connectivity index (χ3v) is 4.74. The van der Waals surface area contributed by atoms with Crippen LogP contribution in [0.5, 0.6) is 0 Å². The van der Waals surface area contributed by atoms with E-state index in [-0.39, 0.29) is 34.8 Å². The van der Waals surface area contributed by atoms with Crippen molar-refractivity contribution in [1.29, 1.82) is 5.26 Å². The molecule has 0 amide bonds. The van der Waals surface area contributed by atoms with E-state index in [2.05, 4.69) is 16.2 Å². The Kier molecular flexibility index (Phi) is 3.96. The Hall–Kier alpha value is -2.86. The first-order chi connectivity index (χ1) is 12.8. The Morgan fingerprint density at radius 1 is 1.33 bits per heavy atom. The van der Waals surface area contributed by atoms with Gasteiger partial charge in [0.1, 0.15) is 10.8 Å². The summed E-state index contributed by atoms with van der Waals surface area (Å²) in [7, 11) is 0. The van der Waals surface area contributed by atoms with Gasteiger partial charge in [0.25, 0.3) is 5.56 Å². The molecule has 27 heavy (non-hydrogen) atoms. The van der Waals surface area contributed by atoms with Gasteiger partial charge in [-0.25, -0.2) is 9.67 Å².